The minimum absolute atomic E-state index is 0.141. The predicted octanol–water partition coefficient (Wildman–Crippen LogP) is 2.25. The van der Waals surface area contributed by atoms with E-state index in [1.54, 1.807) is 12.3 Å². The number of thiophene rings is 1. The number of ether oxygens (including phenoxy) is 1. The van der Waals surface area contributed by atoms with E-state index in [0.29, 0.717) is 11.1 Å². The highest BCUT2D eigenvalue weighted by Gasteiger charge is 2.17. The summed E-state index contributed by atoms with van der Waals surface area (Å²) < 4.78 is 5.65. The second-order valence-corrected chi connectivity index (χ2v) is 4.64. The van der Waals surface area contributed by atoms with Gasteiger partial charge in [-0.3, -0.25) is 4.79 Å². The minimum atomic E-state index is -0.419. The second-order valence-electron chi connectivity index (χ2n) is 3.76. The lowest BCUT2D eigenvalue weighted by molar-refractivity contribution is 0.0603. The molecule has 90 valence electrons. The van der Waals surface area contributed by atoms with Gasteiger partial charge in [0.15, 0.2) is 0 Å². The van der Waals surface area contributed by atoms with Crippen LogP contribution in [-0.2, 0) is 11.2 Å². The summed E-state index contributed by atoms with van der Waals surface area (Å²) in [6.07, 6.45) is 0.771. The molecule has 0 aliphatic carbocycles. The first-order valence-corrected chi connectivity index (χ1v) is 6.19. The number of aromatic amines is 1. The Kier molecular flexibility index (Phi) is 3.02. The largest absolute Gasteiger partial charge is 0.465 e. The molecule has 2 rings (SSSR count). The Hall–Kier alpha value is -1.62. The number of aromatic nitrogens is 1. The monoisotopic (exact) mass is 251 g/mol. The van der Waals surface area contributed by atoms with Crippen molar-refractivity contribution in [3.8, 4) is 0 Å². The molecule has 2 aromatic heterocycles. The van der Waals surface area contributed by atoms with E-state index in [1.165, 1.54) is 18.4 Å². The Morgan fingerprint density at radius 3 is 2.82 bits per heavy atom. The molecule has 0 spiro atoms. The van der Waals surface area contributed by atoms with E-state index < -0.39 is 5.97 Å². The van der Waals surface area contributed by atoms with Crippen molar-refractivity contribution in [2.24, 2.45) is 0 Å². The summed E-state index contributed by atoms with van der Waals surface area (Å²) in [6.45, 7) is 3.80. The van der Waals surface area contributed by atoms with Gasteiger partial charge < -0.3 is 9.72 Å². The van der Waals surface area contributed by atoms with Gasteiger partial charge in [0.05, 0.1) is 22.9 Å². The molecule has 0 saturated carbocycles. The molecule has 17 heavy (non-hydrogen) atoms. The summed E-state index contributed by atoms with van der Waals surface area (Å²) in [7, 11) is 1.33. The molecule has 0 bridgehead atoms. The number of nitrogens with one attached hydrogen (secondary N) is 1. The van der Waals surface area contributed by atoms with Gasteiger partial charge in [0.25, 0.3) is 5.56 Å². The van der Waals surface area contributed by atoms with Crippen molar-refractivity contribution in [3.05, 3.63) is 32.4 Å². The number of esters is 1. The van der Waals surface area contributed by atoms with E-state index in [9.17, 15) is 9.59 Å². The maximum absolute atomic E-state index is 11.8. The number of hydrogen-bond donors (Lipinski definition) is 1. The van der Waals surface area contributed by atoms with Gasteiger partial charge in [-0.25, -0.2) is 4.79 Å². The number of hydrogen-bond acceptors (Lipinski definition) is 4. The summed E-state index contributed by atoms with van der Waals surface area (Å²) in [4.78, 5) is 26.1. The first-order valence-electron chi connectivity index (χ1n) is 5.31. The number of pyridine rings is 1. The summed E-state index contributed by atoms with van der Waals surface area (Å²) in [5.74, 6) is -0.419. The highest BCUT2D eigenvalue weighted by atomic mass is 32.1. The van der Waals surface area contributed by atoms with Crippen LogP contribution in [0.5, 0.6) is 0 Å². The van der Waals surface area contributed by atoms with Crippen LogP contribution < -0.4 is 5.56 Å². The summed E-state index contributed by atoms with van der Waals surface area (Å²) in [5.41, 5.74) is 2.61. The van der Waals surface area contributed by atoms with Crippen LogP contribution in [0, 0.1) is 6.92 Å². The van der Waals surface area contributed by atoms with Crippen molar-refractivity contribution in [3.63, 3.8) is 0 Å². The molecule has 2 heterocycles. The summed E-state index contributed by atoms with van der Waals surface area (Å²) >= 11 is 1.46. The molecule has 0 amide bonds. The summed E-state index contributed by atoms with van der Waals surface area (Å²) in [5, 5.41) is 1.73. The lowest BCUT2D eigenvalue weighted by atomic mass is 10.1. The maximum Gasteiger partial charge on any atom is 0.340 e. The Balaban J connectivity index is 2.83. The van der Waals surface area contributed by atoms with Crippen molar-refractivity contribution in [2.75, 3.05) is 7.11 Å². The summed E-state index contributed by atoms with van der Waals surface area (Å²) in [6, 6.07) is 0. The molecule has 0 radical (unpaired) electrons. The van der Waals surface area contributed by atoms with Crippen molar-refractivity contribution in [2.45, 2.75) is 20.3 Å². The van der Waals surface area contributed by atoms with Crippen molar-refractivity contribution >= 4 is 27.5 Å². The Labute approximate surface area is 102 Å². The van der Waals surface area contributed by atoms with Gasteiger partial charge in [0.1, 0.15) is 0 Å². The van der Waals surface area contributed by atoms with Crippen molar-refractivity contribution in [1.82, 2.24) is 4.98 Å². The molecule has 0 aliphatic rings. The van der Waals surface area contributed by atoms with Gasteiger partial charge in [0, 0.05) is 10.9 Å². The van der Waals surface area contributed by atoms with Gasteiger partial charge >= 0.3 is 5.97 Å². The number of aryl methyl sites for hydroxylation is 1. The Morgan fingerprint density at radius 2 is 2.24 bits per heavy atom. The molecule has 0 aromatic carbocycles. The Bertz CT molecular complexity index is 639. The van der Waals surface area contributed by atoms with Crippen LogP contribution in [0.15, 0.2) is 10.2 Å². The fourth-order valence-electron chi connectivity index (χ4n) is 1.90. The molecule has 4 nitrogen and oxygen atoms in total. The molecule has 0 aliphatic heterocycles. The van der Waals surface area contributed by atoms with Crippen LogP contribution in [0.3, 0.4) is 0 Å². The topological polar surface area (TPSA) is 59.2 Å². The van der Waals surface area contributed by atoms with E-state index in [0.717, 1.165) is 22.2 Å². The average molecular weight is 251 g/mol. The number of fused-ring (bicyclic) bond motifs is 1. The third-order valence-electron chi connectivity index (χ3n) is 2.86. The van der Waals surface area contributed by atoms with E-state index in [1.807, 2.05) is 6.92 Å². The Morgan fingerprint density at radius 1 is 1.53 bits per heavy atom. The molecule has 5 heteroatoms. The van der Waals surface area contributed by atoms with Crippen LogP contribution in [0.25, 0.3) is 10.2 Å². The first kappa shape index (κ1) is 11.9. The standard InChI is InChI=1S/C12H13NO3S/c1-4-7-6(2)11(14)13-9-8(12(15)16-3)5-17-10(7)9/h5H,4H2,1-3H3,(H,13,14). The maximum atomic E-state index is 11.8. The predicted molar refractivity (Wildman–Crippen MR) is 67.9 cm³/mol. The zero-order valence-corrected chi connectivity index (χ0v) is 10.7. The molecular formula is C12H13NO3S. The van der Waals surface area contributed by atoms with Gasteiger partial charge in [-0.1, -0.05) is 6.92 Å². The fraction of sp³-hybridized carbons (Fsp3) is 0.333. The third-order valence-corrected chi connectivity index (χ3v) is 3.90. The first-order chi connectivity index (χ1) is 8.10. The van der Waals surface area contributed by atoms with Crippen LogP contribution in [-0.4, -0.2) is 18.1 Å². The number of carbonyl (C=O) groups excluding carboxylic acids is 1. The highest BCUT2D eigenvalue weighted by molar-refractivity contribution is 7.17. The highest BCUT2D eigenvalue weighted by Crippen LogP contribution is 2.28. The molecule has 0 fully saturated rings. The SMILES string of the molecule is CCc1c(C)c(=O)[nH]c2c(C(=O)OC)csc12. The molecule has 2 aromatic rings. The van der Waals surface area contributed by atoms with Gasteiger partial charge in [-0.15, -0.1) is 11.3 Å². The van der Waals surface area contributed by atoms with Crippen LogP contribution in [0.4, 0.5) is 0 Å². The van der Waals surface area contributed by atoms with Crippen LogP contribution >= 0.6 is 11.3 Å². The van der Waals surface area contributed by atoms with Gasteiger partial charge in [-0.05, 0) is 18.9 Å². The molecular weight excluding hydrogens is 238 g/mol. The normalized spacial score (nSPS) is 10.8. The molecule has 0 saturated heterocycles. The van der Waals surface area contributed by atoms with Crippen LogP contribution in [0.2, 0.25) is 0 Å². The number of methoxy groups -OCH3 is 1. The van der Waals surface area contributed by atoms with Crippen molar-refractivity contribution in [1.29, 1.82) is 0 Å². The number of carbonyl (C=O) groups is 1. The fourth-order valence-corrected chi connectivity index (χ4v) is 3.07. The third kappa shape index (κ3) is 1.76. The number of H-pyrrole nitrogens is 1. The van der Waals surface area contributed by atoms with E-state index in [4.69, 9.17) is 4.74 Å². The molecule has 0 atom stereocenters. The molecule has 1 N–H and O–H groups in total. The van der Waals surface area contributed by atoms with Gasteiger partial charge in [-0.2, -0.15) is 0 Å². The lowest BCUT2D eigenvalue weighted by Gasteiger charge is -2.04. The zero-order valence-electron chi connectivity index (χ0n) is 9.92. The van der Waals surface area contributed by atoms with E-state index in [2.05, 4.69) is 4.98 Å². The second kappa shape index (κ2) is 4.33. The average Bonchev–Trinajstić information content (AvgIpc) is 2.73. The quantitative estimate of drug-likeness (QED) is 0.833. The van der Waals surface area contributed by atoms with Crippen molar-refractivity contribution < 1.29 is 9.53 Å². The van der Waals surface area contributed by atoms with E-state index in [-0.39, 0.29) is 5.56 Å². The van der Waals surface area contributed by atoms with E-state index >= 15 is 0 Å². The smallest absolute Gasteiger partial charge is 0.340 e. The van der Waals surface area contributed by atoms with Gasteiger partial charge in [0.2, 0.25) is 0 Å². The number of rotatable bonds is 2. The molecule has 0 unspecified atom stereocenters. The minimum Gasteiger partial charge on any atom is -0.465 e. The lowest BCUT2D eigenvalue weighted by Crippen LogP contribution is -2.13. The zero-order chi connectivity index (χ0) is 12.6. The van der Waals surface area contributed by atoms with Crippen LogP contribution in [0.1, 0.15) is 28.4 Å².